The van der Waals surface area contributed by atoms with Gasteiger partial charge in [-0.1, -0.05) is 0 Å². The van der Waals surface area contributed by atoms with Crippen LogP contribution in [0.25, 0.3) is 0 Å². The van der Waals surface area contributed by atoms with E-state index < -0.39 is 21.4 Å². The minimum atomic E-state index is -1.26. The van der Waals surface area contributed by atoms with Crippen LogP contribution in [0, 0.1) is 0 Å². The first-order valence-electron chi connectivity index (χ1n) is 6.44. The molecule has 0 saturated carbocycles. The topological polar surface area (TPSA) is 0 Å². The molecule has 2 heteroatoms. The monoisotopic (exact) mass is 324 g/mol. The number of aryl methyl sites for hydroxylation is 1. The number of hydrogen-bond acceptors (Lipinski definition) is 0. The molecule has 0 amide bonds. The molecule has 0 heterocycles. The van der Waals surface area contributed by atoms with E-state index in [0.717, 1.165) is 6.42 Å². The average Bonchev–Trinajstić information content (AvgIpc) is 2.34. The van der Waals surface area contributed by atoms with Crippen LogP contribution in [0.4, 0.5) is 4.39 Å². The van der Waals surface area contributed by atoms with Crippen molar-refractivity contribution in [3.8, 4) is 0 Å². The molecule has 1 rings (SSSR count). The normalized spacial score (nSPS) is 10.4. The zero-order valence-corrected chi connectivity index (χ0v) is 13.8. The van der Waals surface area contributed by atoms with Crippen molar-refractivity contribution in [2.75, 3.05) is 6.67 Å². The van der Waals surface area contributed by atoms with Crippen LogP contribution in [0.2, 0.25) is 8.35 Å². The van der Waals surface area contributed by atoms with Gasteiger partial charge in [-0.3, -0.25) is 0 Å². The Morgan fingerprint density at radius 2 is 1.69 bits per heavy atom. The van der Waals surface area contributed by atoms with Gasteiger partial charge in [-0.05, 0) is 0 Å². The molecule has 0 unspecified atom stereocenters. The average molecular weight is 324 g/mol. The Labute approximate surface area is 107 Å². The van der Waals surface area contributed by atoms with Crippen molar-refractivity contribution < 1.29 is 4.39 Å². The van der Waals surface area contributed by atoms with Gasteiger partial charge >= 0.3 is 107 Å². The Hall–Kier alpha value is 0.0201. The molecule has 88 valence electrons. The summed E-state index contributed by atoms with van der Waals surface area (Å²) in [6.45, 7) is 4.49. The summed E-state index contributed by atoms with van der Waals surface area (Å²) < 4.78 is 16.5. The number of rotatable bonds is 7. The summed E-state index contributed by atoms with van der Waals surface area (Å²) in [6.07, 6.45) is 1.59. The molecule has 0 N–H and O–H groups in total. The third kappa shape index (κ3) is 4.49. The van der Waals surface area contributed by atoms with Gasteiger partial charge in [0.2, 0.25) is 0 Å². The number of hydrogen-bond donors (Lipinski definition) is 0. The van der Waals surface area contributed by atoms with Crippen LogP contribution in [-0.2, 0) is 10.6 Å². The van der Waals surface area contributed by atoms with E-state index in [1.807, 2.05) is 0 Å². The first kappa shape index (κ1) is 14.1. The van der Waals surface area contributed by atoms with E-state index in [2.05, 4.69) is 38.1 Å². The van der Waals surface area contributed by atoms with Crippen molar-refractivity contribution in [3.05, 3.63) is 35.4 Å². The Morgan fingerprint density at radius 3 is 2.25 bits per heavy atom. The van der Waals surface area contributed by atoms with Crippen LogP contribution in [0.5, 0.6) is 0 Å². The zero-order chi connectivity index (χ0) is 11.8. The van der Waals surface area contributed by atoms with E-state index >= 15 is 0 Å². The van der Waals surface area contributed by atoms with Crippen molar-refractivity contribution in [2.45, 2.75) is 39.2 Å². The number of halogens is 1. The van der Waals surface area contributed by atoms with Gasteiger partial charge in [-0.15, -0.1) is 0 Å². The first-order valence-corrected chi connectivity index (χ1v) is 13.4. The van der Waals surface area contributed by atoms with Gasteiger partial charge in [0.25, 0.3) is 0 Å². The molecule has 0 saturated heterocycles. The summed E-state index contributed by atoms with van der Waals surface area (Å²) in [5.41, 5.74) is 2.91. The maximum absolute atomic E-state index is 12.2. The molecule has 0 nitrogen and oxygen atoms in total. The molecule has 1 aromatic rings. The fraction of sp³-hybridized carbons (Fsp3) is 0.571. The van der Waals surface area contributed by atoms with Gasteiger partial charge in [0.05, 0.1) is 0 Å². The molecule has 1 aromatic carbocycles. The second-order valence-corrected chi connectivity index (χ2v) is 15.2. The molecule has 0 fully saturated rings. The fourth-order valence-corrected chi connectivity index (χ4v) is 8.35. The van der Waals surface area contributed by atoms with Gasteiger partial charge in [0.15, 0.2) is 0 Å². The Kier molecular flexibility index (Phi) is 7.18. The predicted molar refractivity (Wildman–Crippen MR) is 71.2 cm³/mol. The first-order chi connectivity index (χ1) is 7.81. The van der Waals surface area contributed by atoms with Crippen LogP contribution in [0.1, 0.15) is 31.4 Å². The molecule has 0 atom stereocenters. The van der Waals surface area contributed by atoms with Crippen LogP contribution >= 0.6 is 0 Å². The van der Waals surface area contributed by atoms with Crippen molar-refractivity contribution in [2.24, 2.45) is 0 Å². The van der Waals surface area contributed by atoms with Gasteiger partial charge in [-0.25, -0.2) is 0 Å². The summed E-state index contributed by atoms with van der Waals surface area (Å²) >= 11 is -1.26. The molecule has 0 aromatic heterocycles. The summed E-state index contributed by atoms with van der Waals surface area (Å²) in [4.78, 5) is 0. The predicted octanol–water partition coefficient (Wildman–Crippen LogP) is 4.21. The van der Waals surface area contributed by atoms with Crippen LogP contribution in [0.15, 0.2) is 24.3 Å². The maximum atomic E-state index is 12.2. The van der Waals surface area contributed by atoms with E-state index in [0.29, 0.717) is 6.42 Å². The van der Waals surface area contributed by atoms with E-state index in [1.54, 1.807) is 0 Å². The molecule has 0 aliphatic rings. The van der Waals surface area contributed by atoms with Crippen molar-refractivity contribution in [3.63, 3.8) is 0 Å². The van der Waals surface area contributed by atoms with E-state index in [9.17, 15) is 4.39 Å². The second-order valence-electron chi connectivity index (χ2n) is 4.45. The summed E-state index contributed by atoms with van der Waals surface area (Å²) in [7, 11) is 0. The molecule has 0 radical (unpaired) electrons. The molecular weight excluding hydrogens is 302 g/mol. The molecule has 16 heavy (non-hydrogen) atoms. The van der Waals surface area contributed by atoms with Crippen LogP contribution in [-0.4, -0.2) is 28.1 Å². The fourth-order valence-electron chi connectivity index (χ4n) is 2.15. The SMILES string of the molecule is C[CH2][In]([CH2]C)[CH2]c1ccccc1CCCF. The molecule has 0 aliphatic carbocycles. The molecular formula is C14H22FIn. The van der Waals surface area contributed by atoms with E-state index in [4.69, 9.17) is 0 Å². The number of benzene rings is 1. The van der Waals surface area contributed by atoms with E-state index in [1.165, 1.54) is 23.7 Å². The minimum absolute atomic E-state index is 0.192. The standard InChI is InChI=1S/C10H12F.2C2H5.In/c1-9-5-2-3-6-10(9)7-4-8-11;2*1-2;/h2-3,5-6H,1,4,7-8H2;2*1H2,2H3;. The third-order valence-electron chi connectivity index (χ3n) is 3.36. The van der Waals surface area contributed by atoms with Crippen molar-refractivity contribution in [1.29, 1.82) is 0 Å². The van der Waals surface area contributed by atoms with Gasteiger partial charge in [0.1, 0.15) is 0 Å². The van der Waals surface area contributed by atoms with Crippen LogP contribution in [0.3, 0.4) is 0 Å². The van der Waals surface area contributed by atoms with E-state index in [-0.39, 0.29) is 6.67 Å². The molecule has 0 bridgehead atoms. The van der Waals surface area contributed by atoms with Gasteiger partial charge < -0.3 is 0 Å². The Morgan fingerprint density at radius 1 is 1.06 bits per heavy atom. The van der Waals surface area contributed by atoms with Gasteiger partial charge in [-0.2, -0.15) is 0 Å². The van der Waals surface area contributed by atoms with Crippen molar-refractivity contribution in [1.82, 2.24) is 0 Å². The Balaban J connectivity index is 2.69. The van der Waals surface area contributed by atoms with Gasteiger partial charge in [0, 0.05) is 0 Å². The van der Waals surface area contributed by atoms with Crippen LogP contribution < -0.4 is 0 Å². The quantitative estimate of drug-likeness (QED) is 0.705. The summed E-state index contributed by atoms with van der Waals surface area (Å²) in [6, 6.07) is 8.64. The second kappa shape index (κ2) is 8.16. The summed E-state index contributed by atoms with van der Waals surface area (Å²) in [5.74, 6) is 0. The summed E-state index contributed by atoms with van der Waals surface area (Å²) in [5, 5.41) is 0. The molecule has 0 spiro atoms. The zero-order valence-electron chi connectivity index (χ0n) is 10.5. The van der Waals surface area contributed by atoms with Crippen molar-refractivity contribution >= 4 is 21.4 Å². The number of alkyl halides is 1. The Bertz CT molecular complexity index is 295. The molecule has 0 aliphatic heterocycles. The third-order valence-corrected chi connectivity index (χ3v) is 12.9.